The van der Waals surface area contributed by atoms with Gasteiger partial charge < -0.3 is 10.3 Å². The summed E-state index contributed by atoms with van der Waals surface area (Å²) >= 11 is 0. The average Bonchev–Trinajstić information content (AvgIpc) is 2.78. The maximum Gasteiger partial charge on any atom is 0.217 e. The van der Waals surface area contributed by atoms with Gasteiger partial charge in [0, 0.05) is 17.5 Å². The van der Waals surface area contributed by atoms with E-state index in [2.05, 4.69) is 9.88 Å². The van der Waals surface area contributed by atoms with Crippen molar-refractivity contribution in [3.8, 4) is 0 Å². The number of rotatable bonds is 5. The van der Waals surface area contributed by atoms with Crippen molar-refractivity contribution in [1.82, 2.24) is 9.88 Å². The van der Waals surface area contributed by atoms with Crippen LogP contribution in [0.5, 0.6) is 0 Å². The Kier molecular flexibility index (Phi) is 4.70. The maximum absolute atomic E-state index is 12.4. The summed E-state index contributed by atoms with van der Waals surface area (Å²) in [5.74, 6) is -0.194. The molecule has 1 fully saturated rings. The monoisotopic (exact) mass is 337 g/mol. The summed E-state index contributed by atoms with van der Waals surface area (Å²) in [5, 5.41) is 4.61. The molecule has 0 aliphatic heterocycles. The molecule has 1 heterocycles. The number of fused-ring (bicyclic) bond motifs is 1. The van der Waals surface area contributed by atoms with Crippen LogP contribution in [0.15, 0.2) is 28.8 Å². The number of hydrogen-bond donors (Lipinski definition) is 2. The molecule has 1 aromatic heterocycles. The fourth-order valence-corrected chi connectivity index (χ4v) is 4.31. The molecule has 3 N–H and O–H groups in total. The van der Waals surface area contributed by atoms with Crippen LogP contribution in [0, 0.1) is 0 Å². The van der Waals surface area contributed by atoms with E-state index in [9.17, 15) is 8.42 Å². The number of para-hydroxylation sites is 1. The lowest BCUT2D eigenvalue weighted by atomic mass is 9.92. The molecule has 0 amide bonds. The highest BCUT2D eigenvalue weighted by Gasteiger charge is 2.28. The van der Waals surface area contributed by atoms with Gasteiger partial charge in [-0.1, -0.05) is 43.0 Å². The first-order chi connectivity index (χ1) is 11.0. The molecule has 0 saturated heterocycles. The second-order valence-corrected chi connectivity index (χ2v) is 8.29. The molecule has 0 radical (unpaired) electrons. The number of nitrogens with two attached hydrogens (primary N) is 1. The van der Waals surface area contributed by atoms with Crippen LogP contribution in [0.3, 0.4) is 0 Å². The third-order valence-electron chi connectivity index (χ3n) is 4.52. The predicted octanol–water partition coefficient (Wildman–Crippen LogP) is 2.30. The Balaban J connectivity index is 1.67. The van der Waals surface area contributed by atoms with Crippen LogP contribution in [0.4, 0.5) is 0 Å². The van der Waals surface area contributed by atoms with E-state index in [1.165, 1.54) is 12.8 Å². The number of sulfonamides is 1. The van der Waals surface area contributed by atoms with Crippen molar-refractivity contribution < 1.29 is 12.9 Å². The van der Waals surface area contributed by atoms with Crippen molar-refractivity contribution in [3.63, 3.8) is 0 Å². The smallest absolute Gasteiger partial charge is 0.217 e. The number of benzene rings is 1. The molecule has 1 aromatic carbocycles. The van der Waals surface area contributed by atoms with Crippen molar-refractivity contribution in [3.05, 3.63) is 30.0 Å². The van der Waals surface area contributed by atoms with Crippen LogP contribution in [-0.4, -0.2) is 25.7 Å². The van der Waals surface area contributed by atoms with Gasteiger partial charge >= 0.3 is 0 Å². The van der Waals surface area contributed by atoms with Crippen LogP contribution in [0.2, 0.25) is 0 Å². The van der Waals surface area contributed by atoms with E-state index in [1.807, 2.05) is 18.2 Å². The van der Waals surface area contributed by atoms with E-state index in [4.69, 9.17) is 10.3 Å². The van der Waals surface area contributed by atoms with Gasteiger partial charge in [-0.2, -0.15) is 0 Å². The van der Waals surface area contributed by atoms with Gasteiger partial charge in [-0.3, -0.25) is 0 Å². The minimum Gasteiger partial charge on any atom is -0.356 e. The summed E-state index contributed by atoms with van der Waals surface area (Å²) < 4.78 is 32.6. The second-order valence-electron chi connectivity index (χ2n) is 6.48. The van der Waals surface area contributed by atoms with Gasteiger partial charge in [0.2, 0.25) is 10.0 Å². The number of nitrogens with zero attached hydrogens (tertiary/aromatic N) is 1. The fourth-order valence-electron chi connectivity index (χ4n) is 3.14. The molecule has 0 atom stereocenters. The van der Waals surface area contributed by atoms with Crippen LogP contribution < -0.4 is 10.5 Å². The van der Waals surface area contributed by atoms with Crippen LogP contribution in [0.25, 0.3) is 11.0 Å². The van der Waals surface area contributed by atoms with Crippen molar-refractivity contribution in [2.24, 2.45) is 5.73 Å². The molecule has 2 aromatic rings. The van der Waals surface area contributed by atoms with Gasteiger partial charge in [0.05, 0.1) is 0 Å². The highest BCUT2D eigenvalue weighted by atomic mass is 32.2. The molecule has 1 aliphatic rings. The molecule has 0 spiro atoms. The van der Waals surface area contributed by atoms with Crippen molar-refractivity contribution in [2.45, 2.75) is 49.8 Å². The molecule has 6 nitrogen and oxygen atoms in total. The van der Waals surface area contributed by atoms with Crippen molar-refractivity contribution in [1.29, 1.82) is 0 Å². The van der Waals surface area contributed by atoms with E-state index in [0.29, 0.717) is 11.3 Å². The third kappa shape index (κ3) is 4.10. The molecular formula is C16H23N3O3S. The topological polar surface area (TPSA) is 98.2 Å². The predicted molar refractivity (Wildman–Crippen MR) is 89.3 cm³/mol. The first-order valence-electron chi connectivity index (χ1n) is 8.07. The molecule has 0 bridgehead atoms. The van der Waals surface area contributed by atoms with Crippen molar-refractivity contribution >= 4 is 21.0 Å². The zero-order valence-corrected chi connectivity index (χ0v) is 13.9. The Morgan fingerprint density at radius 1 is 1.17 bits per heavy atom. The van der Waals surface area contributed by atoms with Crippen LogP contribution in [0.1, 0.15) is 44.2 Å². The lowest BCUT2D eigenvalue weighted by molar-refractivity contribution is 0.369. The lowest BCUT2D eigenvalue weighted by Gasteiger charge is -2.28. The lowest BCUT2D eigenvalue weighted by Crippen LogP contribution is -2.49. The number of hydrogen-bond acceptors (Lipinski definition) is 5. The number of aromatic nitrogens is 1. The molecule has 23 heavy (non-hydrogen) atoms. The molecule has 3 rings (SSSR count). The van der Waals surface area contributed by atoms with E-state index < -0.39 is 15.6 Å². The Labute approximate surface area is 136 Å². The highest BCUT2D eigenvalue weighted by molar-refractivity contribution is 7.88. The van der Waals surface area contributed by atoms with E-state index >= 15 is 0 Å². The summed E-state index contributed by atoms with van der Waals surface area (Å²) in [5.41, 5.74) is 6.96. The highest BCUT2D eigenvalue weighted by Crippen LogP contribution is 2.25. The largest absolute Gasteiger partial charge is 0.356 e. The maximum atomic E-state index is 12.4. The summed E-state index contributed by atoms with van der Waals surface area (Å²) in [4.78, 5) is 0. The second kappa shape index (κ2) is 6.59. The average molecular weight is 337 g/mol. The van der Waals surface area contributed by atoms with Gasteiger partial charge in [-0.15, -0.1) is 0 Å². The molecule has 1 saturated carbocycles. The fraction of sp³-hybridized carbons (Fsp3) is 0.562. The molecule has 0 unspecified atom stereocenters. The first kappa shape index (κ1) is 16.4. The van der Waals surface area contributed by atoms with Gasteiger partial charge in [-0.25, -0.2) is 13.1 Å². The SMILES string of the molecule is NC1(CNS(=O)(=O)Cc2noc3ccccc23)CCCCCC1. The normalized spacial score (nSPS) is 18.8. The minimum atomic E-state index is -3.50. The Morgan fingerprint density at radius 2 is 1.87 bits per heavy atom. The standard InChI is InChI=1S/C16H23N3O3S/c17-16(9-5-1-2-6-10-16)12-18-23(20,21)11-14-13-7-3-4-8-15(13)22-19-14/h3-4,7-8,18H,1-2,5-6,9-12,17H2. The van der Waals surface area contributed by atoms with Gasteiger partial charge in [0.25, 0.3) is 0 Å². The van der Waals surface area contributed by atoms with E-state index in [-0.39, 0.29) is 12.3 Å². The minimum absolute atomic E-state index is 0.194. The van der Waals surface area contributed by atoms with Crippen LogP contribution in [-0.2, 0) is 15.8 Å². The first-order valence-corrected chi connectivity index (χ1v) is 9.72. The molecular weight excluding hydrogens is 314 g/mol. The van der Waals surface area contributed by atoms with E-state index in [0.717, 1.165) is 31.1 Å². The molecule has 1 aliphatic carbocycles. The summed E-state index contributed by atoms with van der Waals surface area (Å²) in [6.45, 7) is 0.283. The summed E-state index contributed by atoms with van der Waals surface area (Å²) in [6, 6.07) is 7.25. The van der Waals surface area contributed by atoms with E-state index in [1.54, 1.807) is 6.07 Å². The Hall–Kier alpha value is -1.44. The van der Waals surface area contributed by atoms with Crippen molar-refractivity contribution in [2.75, 3.05) is 6.54 Å². The van der Waals surface area contributed by atoms with Gasteiger partial charge in [0.15, 0.2) is 5.58 Å². The Bertz CT molecular complexity index is 762. The quantitative estimate of drug-likeness (QED) is 0.816. The number of nitrogens with one attached hydrogen (secondary N) is 1. The van der Waals surface area contributed by atoms with Gasteiger partial charge in [0.1, 0.15) is 11.4 Å². The van der Waals surface area contributed by atoms with Gasteiger partial charge in [-0.05, 0) is 25.0 Å². The molecule has 126 valence electrons. The zero-order chi connectivity index (χ0) is 16.3. The molecule has 7 heteroatoms. The third-order valence-corrected chi connectivity index (χ3v) is 5.76. The zero-order valence-electron chi connectivity index (χ0n) is 13.1. The van der Waals surface area contributed by atoms with Crippen LogP contribution >= 0.6 is 0 Å². The Morgan fingerprint density at radius 3 is 2.61 bits per heavy atom. The summed E-state index contributed by atoms with van der Waals surface area (Å²) in [7, 11) is -3.50. The summed E-state index contributed by atoms with van der Waals surface area (Å²) in [6.07, 6.45) is 6.20.